The smallest absolute Gasteiger partial charge is 0.411 e. The molecule has 0 bridgehead atoms. The van der Waals surface area contributed by atoms with Crippen molar-refractivity contribution >= 4 is 18.0 Å². The van der Waals surface area contributed by atoms with Crippen molar-refractivity contribution in [3.05, 3.63) is 12.2 Å². The van der Waals surface area contributed by atoms with E-state index in [-0.39, 0.29) is 12.8 Å². The van der Waals surface area contributed by atoms with Gasteiger partial charge in [0.05, 0.1) is 14.2 Å². The number of ether oxygens (including phenoxy) is 3. The average molecular weight is 313 g/mol. The van der Waals surface area contributed by atoms with E-state index >= 15 is 0 Å². The number of esters is 2. The largest absolute Gasteiger partial charge is 0.467 e. The van der Waals surface area contributed by atoms with E-state index in [9.17, 15) is 14.4 Å². The van der Waals surface area contributed by atoms with Gasteiger partial charge in [0.1, 0.15) is 17.7 Å². The maximum absolute atomic E-state index is 12.4. The van der Waals surface area contributed by atoms with E-state index in [1.54, 1.807) is 20.8 Å². The van der Waals surface area contributed by atoms with E-state index in [0.717, 1.165) is 4.90 Å². The van der Waals surface area contributed by atoms with Crippen molar-refractivity contribution in [1.29, 1.82) is 0 Å². The van der Waals surface area contributed by atoms with Crippen molar-refractivity contribution in [3.63, 3.8) is 0 Å². The fourth-order valence-corrected chi connectivity index (χ4v) is 2.28. The first-order valence-corrected chi connectivity index (χ1v) is 6.94. The molecule has 2 atom stereocenters. The van der Waals surface area contributed by atoms with Crippen LogP contribution >= 0.6 is 0 Å². The van der Waals surface area contributed by atoms with Crippen LogP contribution < -0.4 is 0 Å². The first-order chi connectivity index (χ1) is 10.1. The third kappa shape index (κ3) is 4.22. The van der Waals surface area contributed by atoms with Gasteiger partial charge in [0, 0.05) is 0 Å². The molecule has 0 radical (unpaired) electrons. The molecule has 1 fully saturated rings. The van der Waals surface area contributed by atoms with Crippen molar-refractivity contribution in [3.8, 4) is 0 Å². The molecule has 0 saturated carbocycles. The van der Waals surface area contributed by atoms with Gasteiger partial charge in [0.25, 0.3) is 0 Å². The number of amides is 1. The monoisotopic (exact) mass is 313 g/mol. The van der Waals surface area contributed by atoms with Gasteiger partial charge < -0.3 is 14.2 Å². The van der Waals surface area contributed by atoms with Crippen LogP contribution in [0.4, 0.5) is 4.79 Å². The maximum Gasteiger partial charge on any atom is 0.411 e. The van der Waals surface area contributed by atoms with E-state index in [2.05, 4.69) is 6.58 Å². The second-order valence-corrected chi connectivity index (χ2v) is 6.12. The molecule has 1 heterocycles. The lowest BCUT2D eigenvalue weighted by Gasteiger charge is -2.40. The summed E-state index contributed by atoms with van der Waals surface area (Å²) in [5, 5.41) is 0. The molecular weight excluding hydrogens is 290 g/mol. The van der Waals surface area contributed by atoms with Crippen LogP contribution in [-0.4, -0.2) is 54.8 Å². The Hall–Kier alpha value is -2.05. The van der Waals surface area contributed by atoms with Gasteiger partial charge in [-0.2, -0.15) is 0 Å². The summed E-state index contributed by atoms with van der Waals surface area (Å²) in [6, 6.07) is -1.91. The van der Waals surface area contributed by atoms with Crippen LogP contribution in [0.15, 0.2) is 12.2 Å². The SMILES string of the molecule is C=C1C[C@H](C(=O)OC)N(C(=O)OC(C)(C)C)[C@@H](C(=O)OC)C1. The number of hydrogen-bond donors (Lipinski definition) is 0. The van der Waals surface area contributed by atoms with Crippen LogP contribution in [0, 0.1) is 0 Å². The molecule has 124 valence electrons. The number of hydrogen-bond acceptors (Lipinski definition) is 6. The molecule has 0 aromatic rings. The molecule has 1 saturated heterocycles. The van der Waals surface area contributed by atoms with E-state index in [4.69, 9.17) is 14.2 Å². The van der Waals surface area contributed by atoms with Gasteiger partial charge in [0.15, 0.2) is 0 Å². The molecular formula is C15H23NO6. The lowest BCUT2D eigenvalue weighted by Crippen LogP contribution is -2.58. The van der Waals surface area contributed by atoms with Gasteiger partial charge >= 0.3 is 18.0 Å². The number of rotatable bonds is 2. The molecule has 0 aromatic heterocycles. The van der Waals surface area contributed by atoms with Gasteiger partial charge in [-0.3, -0.25) is 4.90 Å². The lowest BCUT2D eigenvalue weighted by atomic mass is 9.92. The van der Waals surface area contributed by atoms with Crippen molar-refractivity contribution < 1.29 is 28.6 Å². The van der Waals surface area contributed by atoms with Crippen LogP contribution in [-0.2, 0) is 23.8 Å². The third-order valence-corrected chi connectivity index (χ3v) is 3.19. The Balaban J connectivity index is 3.17. The maximum atomic E-state index is 12.4. The predicted octanol–water partition coefficient (Wildman–Crippen LogP) is 1.66. The van der Waals surface area contributed by atoms with Gasteiger partial charge in [-0.25, -0.2) is 14.4 Å². The molecule has 0 spiro atoms. The highest BCUT2D eigenvalue weighted by Crippen LogP contribution is 2.29. The third-order valence-electron chi connectivity index (χ3n) is 3.19. The second-order valence-electron chi connectivity index (χ2n) is 6.12. The number of piperidine rings is 1. The van der Waals surface area contributed by atoms with Crippen LogP contribution in [0.5, 0.6) is 0 Å². The van der Waals surface area contributed by atoms with Gasteiger partial charge in [-0.05, 0) is 33.6 Å². The Kier molecular flexibility index (Phi) is 5.57. The topological polar surface area (TPSA) is 82.1 Å². The van der Waals surface area contributed by atoms with E-state index in [0.29, 0.717) is 5.57 Å². The molecule has 1 aliphatic rings. The summed E-state index contributed by atoms with van der Waals surface area (Å²) >= 11 is 0. The van der Waals surface area contributed by atoms with Crippen molar-refractivity contribution in [1.82, 2.24) is 4.90 Å². The molecule has 0 unspecified atom stereocenters. The summed E-state index contributed by atoms with van der Waals surface area (Å²) in [5.41, 5.74) is -0.0852. The molecule has 0 aliphatic carbocycles. The number of carbonyl (C=O) groups is 3. The molecule has 1 aliphatic heterocycles. The first kappa shape index (κ1) is 18.0. The zero-order valence-electron chi connectivity index (χ0n) is 13.7. The lowest BCUT2D eigenvalue weighted by molar-refractivity contribution is -0.155. The highest BCUT2D eigenvalue weighted by molar-refractivity contribution is 5.88. The molecule has 7 nitrogen and oxygen atoms in total. The number of nitrogens with zero attached hydrogens (tertiary/aromatic N) is 1. The zero-order chi connectivity index (χ0) is 17.1. The van der Waals surface area contributed by atoms with Crippen molar-refractivity contribution in [2.45, 2.75) is 51.3 Å². The fourth-order valence-electron chi connectivity index (χ4n) is 2.28. The molecule has 1 rings (SSSR count). The standard InChI is InChI=1S/C15H23NO6/c1-9-7-10(12(17)20-5)16(11(8-9)13(18)21-6)14(19)22-15(2,3)4/h10-11H,1,7-8H2,2-6H3/t10-,11-/m1/s1. The van der Waals surface area contributed by atoms with Crippen LogP contribution in [0.1, 0.15) is 33.6 Å². The Morgan fingerprint density at radius 2 is 1.45 bits per heavy atom. The summed E-state index contributed by atoms with van der Waals surface area (Å²) in [5.74, 6) is -1.25. The highest BCUT2D eigenvalue weighted by Gasteiger charge is 2.45. The van der Waals surface area contributed by atoms with E-state index in [1.807, 2.05) is 0 Å². The molecule has 1 amide bonds. The quantitative estimate of drug-likeness (QED) is 0.438. The Morgan fingerprint density at radius 1 is 1.05 bits per heavy atom. The van der Waals surface area contributed by atoms with Crippen LogP contribution in [0.3, 0.4) is 0 Å². The summed E-state index contributed by atoms with van der Waals surface area (Å²) in [4.78, 5) is 37.5. The van der Waals surface area contributed by atoms with E-state index in [1.165, 1.54) is 14.2 Å². The Morgan fingerprint density at radius 3 is 1.77 bits per heavy atom. The minimum Gasteiger partial charge on any atom is -0.467 e. The normalized spacial score (nSPS) is 22.0. The highest BCUT2D eigenvalue weighted by atomic mass is 16.6. The molecule has 7 heteroatoms. The summed E-state index contributed by atoms with van der Waals surface area (Å²) in [6.07, 6.45) is -0.315. The number of likely N-dealkylation sites (tertiary alicyclic amines) is 1. The minimum absolute atomic E-state index is 0.222. The van der Waals surface area contributed by atoms with E-state index < -0.39 is 35.7 Å². The minimum atomic E-state index is -0.954. The van der Waals surface area contributed by atoms with Crippen LogP contribution in [0.2, 0.25) is 0 Å². The number of methoxy groups -OCH3 is 2. The Labute approximate surface area is 130 Å². The Bertz CT molecular complexity index is 451. The predicted molar refractivity (Wildman–Crippen MR) is 78.1 cm³/mol. The molecule has 0 N–H and O–H groups in total. The second kappa shape index (κ2) is 6.81. The van der Waals surface area contributed by atoms with Gasteiger partial charge in [-0.15, -0.1) is 0 Å². The summed E-state index contributed by atoms with van der Waals surface area (Å²) in [6.45, 7) is 8.93. The van der Waals surface area contributed by atoms with Gasteiger partial charge in [-0.1, -0.05) is 12.2 Å². The molecule has 22 heavy (non-hydrogen) atoms. The van der Waals surface area contributed by atoms with Crippen LogP contribution in [0.25, 0.3) is 0 Å². The van der Waals surface area contributed by atoms with Gasteiger partial charge in [0.2, 0.25) is 0 Å². The molecule has 0 aromatic carbocycles. The number of carbonyl (C=O) groups excluding carboxylic acids is 3. The summed E-state index contributed by atoms with van der Waals surface area (Å²) in [7, 11) is 2.44. The first-order valence-electron chi connectivity index (χ1n) is 6.94. The van der Waals surface area contributed by atoms with Crippen molar-refractivity contribution in [2.24, 2.45) is 0 Å². The summed E-state index contributed by atoms with van der Waals surface area (Å²) < 4.78 is 14.8. The van der Waals surface area contributed by atoms with Crippen molar-refractivity contribution in [2.75, 3.05) is 14.2 Å². The average Bonchev–Trinajstić information content (AvgIpc) is 2.42. The zero-order valence-corrected chi connectivity index (χ0v) is 13.7. The fraction of sp³-hybridized carbons (Fsp3) is 0.667.